The van der Waals surface area contributed by atoms with Crippen molar-refractivity contribution in [2.75, 3.05) is 6.54 Å². The molecule has 0 unspecified atom stereocenters. The Morgan fingerprint density at radius 2 is 2.35 bits per heavy atom. The van der Waals surface area contributed by atoms with Crippen molar-refractivity contribution in [3.63, 3.8) is 0 Å². The van der Waals surface area contributed by atoms with Crippen LogP contribution in [-0.2, 0) is 11.3 Å². The Bertz CT molecular complexity index is 321. The zero-order valence-corrected chi connectivity index (χ0v) is 10.6. The van der Waals surface area contributed by atoms with Crippen molar-refractivity contribution < 1.29 is 4.79 Å². The standard InChI is InChI=1S/C12H22N4O/c1-9(2)3-10(5-13)4-12(17)14-6-11-7-15-16-8-11/h7-10H,3-6,13H2,1-2H3,(H,14,17)(H,15,16)/t10-/m0/s1. The monoisotopic (exact) mass is 238 g/mol. The predicted molar refractivity (Wildman–Crippen MR) is 67.1 cm³/mol. The molecule has 1 rings (SSSR count). The van der Waals surface area contributed by atoms with Gasteiger partial charge in [-0.25, -0.2) is 0 Å². The minimum Gasteiger partial charge on any atom is -0.352 e. The number of H-pyrrole nitrogens is 1. The number of carbonyl (C=O) groups is 1. The molecule has 0 saturated heterocycles. The average molecular weight is 238 g/mol. The fourth-order valence-corrected chi connectivity index (χ4v) is 1.84. The van der Waals surface area contributed by atoms with Crippen molar-refractivity contribution in [3.05, 3.63) is 18.0 Å². The van der Waals surface area contributed by atoms with Crippen LogP contribution in [0.1, 0.15) is 32.3 Å². The van der Waals surface area contributed by atoms with E-state index in [-0.39, 0.29) is 11.8 Å². The summed E-state index contributed by atoms with van der Waals surface area (Å²) in [6.45, 7) is 5.38. The van der Waals surface area contributed by atoms with Gasteiger partial charge in [0.15, 0.2) is 0 Å². The number of rotatable bonds is 7. The van der Waals surface area contributed by atoms with Gasteiger partial charge in [-0.05, 0) is 24.8 Å². The molecule has 1 heterocycles. The summed E-state index contributed by atoms with van der Waals surface area (Å²) in [5, 5.41) is 9.40. The number of nitrogens with zero attached hydrogens (tertiary/aromatic N) is 1. The lowest BCUT2D eigenvalue weighted by Crippen LogP contribution is -2.28. The quantitative estimate of drug-likeness (QED) is 0.663. The van der Waals surface area contributed by atoms with Crippen molar-refractivity contribution in [2.45, 2.75) is 33.2 Å². The molecule has 0 aromatic carbocycles. The second-order valence-corrected chi connectivity index (χ2v) is 4.82. The first-order valence-electron chi connectivity index (χ1n) is 6.06. The third kappa shape index (κ3) is 5.49. The van der Waals surface area contributed by atoms with E-state index in [4.69, 9.17) is 5.73 Å². The van der Waals surface area contributed by atoms with Gasteiger partial charge in [0.1, 0.15) is 0 Å². The van der Waals surface area contributed by atoms with Gasteiger partial charge >= 0.3 is 0 Å². The number of hydrogen-bond donors (Lipinski definition) is 3. The molecule has 0 fully saturated rings. The van der Waals surface area contributed by atoms with E-state index in [2.05, 4.69) is 29.4 Å². The molecule has 1 atom stereocenters. The molecule has 1 aromatic heterocycles. The van der Waals surface area contributed by atoms with Crippen LogP contribution in [0.3, 0.4) is 0 Å². The van der Waals surface area contributed by atoms with Crippen LogP contribution < -0.4 is 11.1 Å². The third-order valence-corrected chi connectivity index (χ3v) is 2.66. The molecule has 1 amide bonds. The zero-order valence-electron chi connectivity index (χ0n) is 10.6. The van der Waals surface area contributed by atoms with Gasteiger partial charge in [0, 0.05) is 24.7 Å². The number of hydrogen-bond acceptors (Lipinski definition) is 3. The van der Waals surface area contributed by atoms with E-state index < -0.39 is 0 Å². The molecule has 0 aliphatic carbocycles. The summed E-state index contributed by atoms with van der Waals surface area (Å²) < 4.78 is 0. The van der Waals surface area contributed by atoms with Gasteiger partial charge in [-0.3, -0.25) is 9.89 Å². The summed E-state index contributed by atoms with van der Waals surface area (Å²) in [4.78, 5) is 11.7. The number of aromatic amines is 1. The van der Waals surface area contributed by atoms with Gasteiger partial charge in [0.2, 0.25) is 5.91 Å². The first kappa shape index (κ1) is 13.7. The Morgan fingerprint density at radius 1 is 1.59 bits per heavy atom. The Labute approximate surface area is 102 Å². The largest absolute Gasteiger partial charge is 0.352 e. The van der Waals surface area contributed by atoms with Gasteiger partial charge in [-0.2, -0.15) is 5.10 Å². The maximum absolute atomic E-state index is 11.7. The Hall–Kier alpha value is -1.36. The topological polar surface area (TPSA) is 83.8 Å². The molecule has 0 aliphatic heterocycles. The lowest BCUT2D eigenvalue weighted by atomic mass is 9.94. The molecule has 0 spiro atoms. The molecule has 4 N–H and O–H groups in total. The second-order valence-electron chi connectivity index (χ2n) is 4.82. The highest BCUT2D eigenvalue weighted by molar-refractivity contribution is 5.76. The molecule has 0 bridgehead atoms. The molecule has 17 heavy (non-hydrogen) atoms. The highest BCUT2D eigenvalue weighted by Crippen LogP contribution is 2.14. The number of nitrogens with two attached hydrogens (primary N) is 1. The Balaban J connectivity index is 2.27. The van der Waals surface area contributed by atoms with Gasteiger partial charge in [0.25, 0.3) is 0 Å². The summed E-state index contributed by atoms with van der Waals surface area (Å²) in [7, 11) is 0. The van der Waals surface area contributed by atoms with Crippen molar-refractivity contribution in [1.82, 2.24) is 15.5 Å². The van der Waals surface area contributed by atoms with Crippen LogP contribution >= 0.6 is 0 Å². The molecular weight excluding hydrogens is 216 g/mol. The van der Waals surface area contributed by atoms with Crippen LogP contribution in [0.5, 0.6) is 0 Å². The summed E-state index contributed by atoms with van der Waals surface area (Å²) in [6.07, 6.45) is 4.98. The van der Waals surface area contributed by atoms with Crippen LogP contribution in [0, 0.1) is 11.8 Å². The molecule has 0 aliphatic rings. The molecule has 96 valence electrons. The molecular formula is C12H22N4O. The van der Waals surface area contributed by atoms with E-state index in [1.54, 1.807) is 12.4 Å². The Kier molecular flexibility index (Phi) is 5.69. The van der Waals surface area contributed by atoms with Crippen LogP contribution in [0.15, 0.2) is 12.4 Å². The maximum Gasteiger partial charge on any atom is 0.220 e. The smallest absolute Gasteiger partial charge is 0.220 e. The SMILES string of the molecule is CC(C)C[C@H](CN)CC(=O)NCc1cn[nH]c1. The first-order valence-corrected chi connectivity index (χ1v) is 6.06. The molecule has 5 heteroatoms. The lowest BCUT2D eigenvalue weighted by molar-refractivity contribution is -0.122. The highest BCUT2D eigenvalue weighted by atomic mass is 16.1. The van der Waals surface area contributed by atoms with E-state index in [1.807, 2.05) is 0 Å². The van der Waals surface area contributed by atoms with E-state index >= 15 is 0 Å². The van der Waals surface area contributed by atoms with Crippen molar-refractivity contribution >= 4 is 5.91 Å². The van der Waals surface area contributed by atoms with E-state index in [0.29, 0.717) is 25.4 Å². The van der Waals surface area contributed by atoms with Crippen molar-refractivity contribution in [3.8, 4) is 0 Å². The van der Waals surface area contributed by atoms with Crippen molar-refractivity contribution in [1.29, 1.82) is 0 Å². The van der Waals surface area contributed by atoms with Crippen LogP contribution in [0.2, 0.25) is 0 Å². The number of carbonyl (C=O) groups excluding carboxylic acids is 1. The number of amides is 1. The van der Waals surface area contributed by atoms with E-state index in [1.165, 1.54) is 0 Å². The van der Waals surface area contributed by atoms with Crippen LogP contribution in [0.4, 0.5) is 0 Å². The first-order chi connectivity index (χ1) is 8.11. The maximum atomic E-state index is 11.7. The van der Waals surface area contributed by atoms with Gasteiger partial charge in [0.05, 0.1) is 6.20 Å². The normalized spacial score (nSPS) is 12.7. The summed E-state index contributed by atoms with van der Waals surface area (Å²) >= 11 is 0. The van der Waals surface area contributed by atoms with Crippen LogP contribution in [0.25, 0.3) is 0 Å². The van der Waals surface area contributed by atoms with Gasteiger partial charge < -0.3 is 11.1 Å². The molecule has 5 nitrogen and oxygen atoms in total. The zero-order chi connectivity index (χ0) is 12.7. The minimum atomic E-state index is 0.0577. The highest BCUT2D eigenvalue weighted by Gasteiger charge is 2.13. The summed E-state index contributed by atoms with van der Waals surface area (Å²) in [5.41, 5.74) is 6.64. The van der Waals surface area contributed by atoms with Crippen LogP contribution in [-0.4, -0.2) is 22.6 Å². The lowest BCUT2D eigenvalue weighted by Gasteiger charge is -2.16. The summed E-state index contributed by atoms with van der Waals surface area (Å²) in [5.74, 6) is 0.909. The number of nitrogens with one attached hydrogen (secondary N) is 2. The fraction of sp³-hybridized carbons (Fsp3) is 0.667. The third-order valence-electron chi connectivity index (χ3n) is 2.66. The van der Waals surface area contributed by atoms with E-state index in [0.717, 1.165) is 12.0 Å². The van der Waals surface area contributed by atoms with Gasteiger partial charge in [-0.1, -0.05) is 13.8 Å². The minimum absolute atomic E-state index is 0.0577. The molecule has 1 aromatic rings. The summed E-state index contributed by atoms with van der Waals surface area (Å²) in [6, 6.07) is 0. The van der Waals surface area contributed by atoms with Crippen molar-refractivity contribution in [2.24, 2.45) is 17.6 Å². The second kappa shape index (κ2) is 7.06. The van der Waals surface area contributed by atoms with Gasteiger partial charge in [-0.15, -0.1) is 0 Å². The Morgan fingerprint density at radius 3 is 2.88 bits per heavy atom. The molecule has 0 radical (unpaired) electrons. The van der Waals surface area contributed by atoms with E-state index in [9.17, 15) is 4.79 Å². The predicted octanol–water partition coefficient (Wildman–Crippen LogP) is 1.04. The number of aromatic nitrogens is 2. The average Bonchev–Trinajstić information content (AvgIpc) is 2.77. The molecule has 0 saturated carbocycles. The fourth-order valence-electron chi connectivity index (χ4n) is 1.84.